The summed E-state index contributed by atoms with van der Waals surface area (Å²) in [5.74, 6) is -0.245. The smallest absolute Gasteiger partial charge is 0.257 e. The summed E-state index contributed by atoms with van der Waals surface area (Å²) in [4.78, 5) is 29.9. The summed E-state index contributed by atoms with van der Waals surface area (Å²) in [5.41, 5.74) is 1.87. The van der Waals surface area contributed by atoms with Crippen molar-refractivity contribution in [3.05, 3.63) is 54.4 Å². The molecule has 0 bridgehead atoms. The molecule has 0 radical (unpaired) electrons. The molecule has 0 aliphatic heterocycles. The number of anilines is 2. The number of nitrogens with one attached hydrogen (secondary N) is 1. The summed E-state index contributed by atoms with van der Waals surface area (Å²) in [6.07, 6.45) is 5.14. The number of rotatable bonds is 4. The number of amides is 2. The van der Waals surface area contributed by atoms with Crippen molar-refractivity contribution in [1.29, 1.82) is 0 Å². The maximum absolute atomic E-state index is 12.3. The Bertz CT molecular complexity index is 696. The molecule has 1 aliphatic carbocycles. The van der Waals surface area contributed by atoms with Gasteiger partial charge in [-0.15, -0.1) is 0 Å². The van der Waals surface area contributed by atoms with Crippen molar-refractivity contribution in [3.63, 3.8) is 0 Å². The van der Waals surface area contributed by atoms with E-state index in [9.17, 15) is 9.59 Å². The van der Waals surface area contributed by atoms with Crippen LogP contribution in [-0.2, 0) is 4.79 Å². The van der Waals surface area contributed by atoms with Crippen LogP contribution in [0.5, 0.6) is 0 Å². The third-order valence-electron chi connectivity index (χ3n) is 3.59. The highest BCUT2D eigenvalue weighted by molar-refractivity contribution is 6.07. The summed E-state index contributed by atoms with van der Waals surface area (Å²) in [7, 11) is 0. The minimum absolute atomic E-state index is 0.00873. The quantitative estimate of drug-likeness (QED) is 0.943. The SMILES string of the molecule is CC(=O)N(c1ccccc1NC(=O)c1cccnc1)C1CC1. The van der Waals surface area contributed by atoms with Gasteiger partial charge in [-0.2, -0.15) is 0 Å². The Morgan fingerprint density at radius 2 is 1.95 bits per heavy atom. The Labute approximate surface area is 129 Å². The van der Waals surface area contributed by atoms with Crippen molar-refractivity contribution in [3.8, 4) is 0 Å². The van der Waals surface area contributed by atoms with Gasteiger partial charge in [0.25, 0.3) is 5.91 Å². The predicted molar refractivity (Wildman–Crippen MR) is 84.8 cm³/mol. The number of hydrogen-bond acceptors (Lipinski definition) is 3. The summed E-state index contributed by atoms with van der Waals surface area (Å²) >= 11 is 0. The molecule has 5 heteroatoms. The second-order valence-corrected chi connectivity index (χ2v) is 5.33. The first-order valence-corrected chi connectivity index (χ1v) is 7.27. The Hall–Kier alpha value is -2.69. The summed E-state index contributed by atoms with van der Waals surface area (Å²) in [6, 6.07) is 11.0. The van der Waals surface area contributed by atoms with Gasteiger partial charge in [-0.05, 0) is 37.1 Å². The fraction of sp³-hybridized carbons (Fsp3) is 0.235. The minimum atomic E-state index is -0.236. The summed E-state index contributed by atoms with van der Waals surface area (Å²) in [6.45, 7) is 1.55. The van der Waals surface area contributed by atoms with Crippen molar-refractivity contribution in [2.45, 2.75) is 25.8 Å². The zero-order valence-corrected chi connectivity index (χ0v) is 12.3. The van der Waals surface area contributed by atoms with E-state index in [4.69, 9.17) is 0 Å². The second kappa shape index (κ2) is 5.97. The number of pyridine rings is 1. The van der Waals surface area contributed by atoms with E-state index in [2.05, 4.69) is 10.3 Å². The van der Waals surface area contributed by atoms with Crippen LogP contribution in [0, 0.1) is 0 Å². The first-order chi connectivity index (χ1) is 10.7. The predicted octanol–water partition coefficient (Wildman–Crippen LogP) is 2.85. The number of carbonyl (C=O) groups is 2. The molecule has 1 saturated carbocycles. The molecule has 0 saturated heterocycles. The van der Waals surface area contributed by atoms with Crippen molar-refractivity contribution >= 4 is 23.2 Å². The molecule has 1 heterocycles. The van der Waals surface area contributed by atoms with E-state index < -0.39 is 0 Å². The van der Waals surface area contributed by atoms with Gasteiger partial charge in [0, 0.05) is 25.4 Å². The fourth-order valence-corrected chi connectivity index (χ4v) is 2.44. The lowest BCUT2D eigenvalue weighted by atomic mass is 10.2. The van der Waals surface area contributed by atoms with E-state index in [1.165, 1.54) is 6.20 Å². The molecule has 112 valence electrons. The molecule has 0 unspecified atom stereocenters. The van der Waals surface area contributed by atoms with E-state index in [1.54, 1.807) is 30.2 Å². The van der Waals surface area contributed by atoms with Crippen molar-refractivity contribution in [2.75, 3.05) is 10.2 Å². The van der Waals surface area contributed by atoms with Gasteiger partial charge in [-0.3, -0.25) is 14.6 Å². The van der Waals surface area contributed by atoms with E-state index in [1.807, 2.05) is 24.3 Å². The molecular weight excluding hydrogens is 278 g/mol. The monoisotopic (exact) mass is 295 g/mol. The molecule has 2 amide bonds. The number of carbonyl (C=O) groups excluding carboxylic acids is 2. The largest absolute Gasteiger partial charge is 0.320 e. The maximum Gasteiger partial charge on any atom is 0.257 e. The number of benzene rings is 1. The first-order valence-electron chi connectivity index (χ1n) is 7.27. The number of hydrogen-bond donors (Lipinski definition) is 1. The van der Waals surface area contributed by atoms with E-state index in [0.29, 0.717) is 11.3 Å². The Morgan fingerprint density at radius 1 is 1.18 bits per heavy atom. The second-order valence-electron chi connectivity index (χ2n) is 5.33. The summed E-state index contributed by atoms with van der Waals surface area (Å²) < 4.78 is 0. The van der Waals surface area contributed by atoms with Crippen LogP contribution in [0.3, 0.4) is 0 Å². The lowest BCUT2D eigenvalue weighted by Crippen LogP contribution is -2.31. The molecule has 3 rings (SSSR count). The molecule has 2 aromatic rings. The standard InChI is InChI=1S/C17H17N3O2/c1-12(21)20(14-8-9-14)16-7-3-2-6-15(16)19-17(22)13-5-4-10-18-11-13/h2-7,10-11,14H,8-9H2,1H3,(H,19,22). The third-order valence-corrected chi connectivity index (χ3v) is 3.59. The third kappa shape index (κ3) is 2.98. The van der Waals surface area contributed by atoms with Crippen LogP contribution in [0.4, 0.5) is 11.4 Å². The van der Waals surface area contributed by atoms with Crippen LogP contribution in [0.15, 0.2) is 48.8 Å². The molecule has 1 fully saturated rings. The van der Waals surface area contributed by atoms with Crippen LogP contribution in [0.25, 0.3) is 0 Å². The zero-order valence-electron chi connectivity index (χ0n) is 12.3. The number of aromatic nitrogens is 1. The van der Waals surface area contributed by atoms with Crippen LogP contribution in [-0.4, -0.2) is 22.8 Å². The van der Waals surface area contributed by atoms with Crippen LogP contribution in [0.2, 0.25) is 0 Å². The number of para-hydroxylation sites is 2. The fourth-order valence-electron chi connectivity index (χ4n) is 2.44. The van der Waals surface area contributed by atoms with Gasteiger partial charge in [-0.1, -0.05) is 12.1 Å². The van der Waals surface area contributed by atoms with E-state index in [-0.39, 0.29) is 17.9 Å². The lowest BCUT2D eigenvalue weighted by Gasteiger charge is -2.23. The topological polar surface area (TPSA) is 62.3 Å². The minimum Gasteiger partial charge on any atom is -0.320 e. The summed E-state index contributed by atoms with van der Waals surface area (Å²) in [5, 5.41) is 2.87. The van der Waals surface area contributed by atoms with Gasteiger partial charge in [0.1, 0.15) is 0 Å². The van der Waals surface area contributed by atoms with Crippen molar-refractivity contribution in [2.24, 2.45) is 0 Å². The molecule has 1 aromatic carbocycles. The first kappa shape index (κ1) is 14.3. The number of nitrogens with zero attached hydrogens (tertiary/aromatic N) is 2. The molecule has 0 atom stereocenters. The Balaban J connectivity index is 1.88. The van der Waals surface area contributed by atoms with Gasteiger partial charge in [0.15, 0.2) is 0 Å². The molecule has 5 nitrogen and oxygen atoms in total. The van der Waals surface area contributed by atoms with Gasteiger partial charge in [-0.25, -0.2) is 0 Å². The molecule has 1 aliphatic rings. The zero-order chi connectivity index (χ0) is 15.5. The van der Waals surface area contributed by atoms with Crippen LogP contribution < -0.4 is 10.2 Å². The lowest BCUT2D eigenvalue weighted by molar-refractivity contribution is -0.116. The molecule has 1 aromatic heterocycles. The van der Waals surface area contributed by atoms with Gasteiger partial charge in [0.05, 0.1) is 16.9 Å². The Morgan fingerprint density at radius 3 is 2.59 bits per heavy atom. The average Bonchev–Trinajstić information content (AvgIpc) is 3.34. The molecule has 0 spiro atoms. The van der Waals surface area contributed by atoms with Crippen LogP contribution in [0.1, 0.15) is 30.1 Å². The Kier molecular flexibility index (Phi) is 3.87. The van der Waals surface area contributed by atoms with Gasteiger partial charge in [0.2, 0.25) is 5.91 Å². The van der Waals surface area contributed by atoms with Gasteiger partial charge >= 0.3 is 0 Å². The molecule has 1 N–H and O–H groups in total. The van der Waals surface area contributed by atoms with Crippen molar-refractivity contribution < 1.29 is 9.59 Å². The van der Waals surface area contributed by atoms with Gasteiger partial charge < -0.3 is 10.2 Å². The highest BCUT2D eigenvalue weighted by Crippen LogP contribution is 2.36. The molecule has 22 heavy (non-hydrogen) atoms. The average molecular weight is 295 g/mol. The normalized spacial score (nSPS) is 13.5. The highest BCUT2D eigenvalue weighted by Gasteiger charge is 2.33. The molecular formula is C17H17N3O2. The maximum atomic E-state index is 12.3. The van der Waals surface area contributed by atoms with Crippen LogP contribution >= 0.6 is 0 Å². The van der Waals surface area contributed by atoms with E-state index >= 15 is 0 Å². The van der Waals surface area contributed by atoms with Crippen molar-refractivity contribution in [1.82, 2.24) is 4.98 Å². The van der Waals surface area contributed by atoms with E-state index in [0.717, 1.165) is 18.5 Å². The highest BCUT2D eigenvalue weighted by atomic mass is 16.2.